The zero-order valence-electron chi connectivity index (χ0n) is 13.4. The number of amides is 1. The van der Waals surface area contributed by atoms with E-state index in [1.54, 1.807) is 12.6 Å². The molecule has 3 N–H and O–H groups in total. The Bertz CT molecular complexity index is 464. The van der Waals surface area contributed by atoms with E-state index in [0.717, 1.165) is 24.6 Å². The van der Waals surface area contributed by atoms with Gasteiger partial charge in [-0.05, 0) is 13.3 Å². The Hall–Kier alpha value is -0.900. The molecule has 0 aliphatic carbocycles. The van der Waals surface area contributed by atoms with E-state index in [9.17, 15) is 4.79 Å². The van der Waals surface area contributed by atoms with Gasteiger partial charge < -0.3 is 16.0 Å². The van der Waals surface area contributed by atoms with Crippen LogP contribution in [0, 0.1) is 6.92 Å². The Morgan fingerprint density at radius 3 is 2.50 bits per heavy atom. The number of hydrogen-bond donors (Lipinski definition) is 3. The number of carbonyl (C=O) groups is 1. The number of thiazole rings is 1. The van der Waals surface area contributed by atoms with Gasteiger partial charge in [-0.2, -0.15) is 0 Å². The van der Waals surface area contributed by atoms with Crippen molar-refractivity contribution in [2.24, 2.45) is 4.99 Å². The number of aliphatic imine (C=N–C) groups is 1. The monoisotopic (exact) mass is 439 g/mol. The lowest BCUT2D eigenvalue weighted by atomic mass is 10.2. The lowest BCUT2D eigenvalue weighted by molar-refractivity contribution is 0.0957. The summed E-state index contributed by atoms with van der Waals surface area (Å²) in [7, 11) is 1.74. The van der Waals surface area contributed by atoms with Gasteiger partial charge in [-0.25, -0.2) is 4.98 Å². The van der Waals surface area contributed by atoms with Gasteiger partial charge in [0.2, 0.25) is 0 Å². The third-order valence-corrected chi connectivity index (χ3v) is 3.88. The van der Waals surface area contributed by atoms with E-state index in [2.05, 4.69) is 32.9 Å². The summed E-state index contributed by atoms with van der Waals surface area (Å²) in [5.74, 6) is 0.706. The standard InChI is InChI=1S/C14H25N5OS.HI/c1-4-5-6-7-17-14(15-3)18-9-8-16-13(20)12-11(2)19-10-21-12;/h10H,4-9H2,1-3H3,(H,16,20)(H2,15,17,18);1H. The zero-order valence-corrected chi connectivity index (χ0v) is 16.6. The Labute approximate surface area is 153 Å². The average Bonchev–Trinajstić information content (AvgIpc) is 2.91. The summed E-state index contributed by atoms with van der Waals surface area (Å²) in [5, 5.41) is 9.29. The van der Waals surface area contributed by atoms with Gasteiger partial charge in [0.1, 0.15) is 4.88 Å². The molecule has 0 fully saturated rings. The van der Waals surface area contributed by atoms with Crippen LogP contribution in [0.5, 0.6) is 0 Å². The Balaban J connectivity index is 0.00000441. The number of aromatic nitrogens is 1. The van der Waals surface area contributed by atoms with Crippen LogP contribution in [0.2, 0.25) is 0 Å². The van der Waals surface area contributed by atoms with Crippen LogP contribution in [0.15, 0.2) is 10.5 Å². The number of hydrogen-bond acceptors (Lipinski definition) is 4. The highest BCUT2D eigenvalue weighted by molar-refractivity contribution is 14.0. The smallest absolute Gasteiger partial charge is 0.263 e. The summed E-state index contributed by atoms with van der Waals surface area (Å²) in [6.07, 6.45) is 3.56. The summed E-state index contributed by atoms with van der Waals surface area (Å²) in [6, 6.07) is 0. The molecule has 1 aromatic heterocycles. The van der Waals surface area contributed by atoms with Gasteiger partial charge in [-0.1, -0.05) is 19.8 Å². The van der Waals surface area contributed by atoms with Crippen molar-refractivity contribution in [1.82, 2.24) is 20.9 Å². The fourth-order valence-electron chi connectivity index (χ4n) is 1.76. The van der Waals surface area contributed by atoms with Crippen LogP contribution in [0.4, 0.5) is 0 Å². The first-order valence-corrected chi connectivity index (χ1v) is 8.19. The van der Waals surface area contributed by atoms with Crippen molar-refractivity contribution in [3.63, 3.8) is 0 Å². The summed E-state index contributed by atoms with van der Waals surface area (Å²) in [5.41, 5.74) is 2.46. The van der Waals surface area contributed by atoms with E-state index in [-0.39, 0.29) is 29.9 Å². The van der Waals surface area contributed by atoms with Crippen molar-refractivity contribution < 1.29 is 4.79 Å². The van der Waals surface area contributed by atoms with Crippen molar-refractivity contribution in [3.8, 4) is 0 Å². The molecule has 126 valence electrons. The number of carbonyl (C=O) groups excluding carboxylic acids is 1. The summed E-state index contributed by atoms with van der Waals surface area (Å²) in [6.45, 7) is 6.12. The molecule has 0 unspecified atom stereocenters. The van der Waals surface area contributed by atoms with E-state index in [1.807, 2.05) is 6.92 Å². The molecule has 0 aromatic carbocycles. The van der Waals surface area contributed by atoms with Crippen molar-refractivity contribution in [2.75, 3.05) is 26.7 Å². The van der Waals surface area contributed by atoms with Gasteiger partial charge in [-0.15, -0.1) is 35.3 Å². The molecule has 1 rings (SSSR count). The molecule has 0 saturated carbocycles. The topological polar surface area (TPSA) is 78.4 Å². The summed E-state index contributed by atoms with van der Waals surface area (Å²) < 4.78 is 0. The average molecular weight is 439 g/mol. The van der Waals surface area contributed by atoms with Gasteiger partial charge in [0.25, 0.3) is 5.91 Å². The summed E-state index contributed by atoms with van der Waals surface area (Å²) >= 11 is 1.36. The first-order valence-electron chi connectivity index (χ1n) is 7.31. The molecule has 0 atom stereocenters. The maximum atomic E-state index is 11.9. The van der Waals surface area contributed by atoms with Gasteiger partial charge in [0.15, 0.2) is 5.96 Å². The molecule has 0 spiro atoms. The van der Waals surface area contributed by atoms with Crippen LogP contribution in [0.1, 0.15) is 41.6 Å². The molecular formula is C14H26IN5OS. The molecule has 0 aliphatic heterocycles. The maximum absolute atomic E-state index is 11.9. The predicted molar refractivity (Wildman–Crippen MR) is 103 cm³/mol. The molecule has 1 heterocycles. The second-order valence-electron chi connectivity index (χ2n) is 4.66. The molecule has 0 radical (unpaired) electrons. The van der Waals surface area contributed by atoms with Crippen LogP contribution in [-0.2, 0) is 0 Å². The van der Waals surface area contributed by atoms with Crippen LogP contribution in [0.25, 0.3) is 0 Å². The van der Waals surface area contributed by atoms with Gasteiger partial charge in [0.05, 0.1) is 11.2 Å². The number of unbranched alkanes of at least 4 members (excludes halogenated alkanes) is 2. The van der Waals surface area contributed by atoms with Crippen molar-refractivity contribution in [1.29, 1.82) is 0 Å². The van der Waals surface area contributed by atoms with Gasteiger partial charge in [0, 0.05) is 26.7 Å². The second kappa shape index (κ2) is 12.6. The molecule has 8 heteroatoms. The van der Waals surface area contributed by atoms with Crippen LogP contribution in [-0.4, -0.2) is 43.5 Å². The molecule has 0 bridgehead atoms. The number of guanidine groups is 1. The van der Waals surface area contributed by atoms with E-state index < -0.39 is 0 Å². The van der Waals surface area contributed by atoms with Crippen molar-refractivity contribution in [2.45, 2.75) is 33.1 Å². The van der Waals surface area contributed by atoms with Crippen LogP contribution < -0.4 is 16.0 Å². The number of rotatable bonds is 8. The molecule has 1 amide bonds. The number of nitrogens with zero attached hydrogens (tertiary/aromatic N) is 2. The first-order chi connectivity index (χ1) is 10.2. The molecular weight excluding hydrogens is 413 g/mol. The van der Waals surface area contributed by atoms with E-state index in [1.165, 1.54) is 24.2 Å². The Kier molecular flexibility index (Phi) is 12.1. The highest BCUT2D eigenvalue weighted by Crippen LogP contribution is 2.10. The van der Waals surface area contributed by atoms with E-state index in [0.29, 0.717) is 18.0 Å². The molecule has 0 aliphatic rings. The largest absolute Gasteiger partial charge is 0.356 e. The summed E-state index contributed by atoms with van der Waals surface area (Å²) in [4.78, 5) is 20.8. The van der Waals surface area contributed by atoms with Crippen LogP contribution >= 0.6 is 35.3 Å². The quantitative estimate of drug-likeness (QED) is 0.251. The second-order valence-corrected chi connectivity index (χ2v) is 5.51. The lowest BCUT2D eigenvalue weighted by Gasteiger charge is -2.12. The SMILES string of the molecule is CCCCCNC(=NC)NCCNC(=O)c1scnc1C.I. The first kappa shape index (κ1) is 21.1. The van der Waals surface area contributed by atoms with E-state index in [4.69, 9.17) is 0 Å². The van der Waals surface area contributed by atoms with Gasteiger partial charge >= 0.3 is 0 Å². The molecule has 0 saturated heterocycles. The third-order valence-electron chi connectivity index (χ3n) is 2.95. The minimum absolute atomic E-state index is 0. The Morgan fingerprint density at radius 1 is 1.23 bits per heavy atom. The van der Waals surface area contributed by atoms with Crippen molar-refractivity contribution in [3.05, 3.63) is 16.1 Å². The Morgan fingerprint density at radius 2 is 1.91 bits per heavy atom. The molecule has 1 aromatic rings. The number of halogens is 1. The fraction of sp³-hybridized carbons (Fsp3) is 0.643. The van der Waals surface area contributed by atoms with Crippen molar-refractivity contribution >= 4 is 47.2 Å². The highest BCUT2D eigenvalue weighted by atomic mass is 127. The van der Waals surface area contributed by atoms with E-state index >= 15 is 0 Å². The van der Waals surface area contributed by atoms with Gasteiger partial charge in [-0.3, -0.25) is 9.79 Å². The lowest BCUT2D eigenvalue weighted by Crippen LogP contribution is -2.41. The highest BCUT2D eigenvalue weighted by Gasteiger charge is 2.10. The third kappa shape index (κ3) is 7.92. The molecule has 22 heavy (non-hydrogen) atoms. The zero-order chi connectivity index (χ0) is 15.5. The minimum Gasteiger partial charge on any atom is -0.356 e. The number of aryl methyl sites for hydroxylation is 1. The van der Waals surface area contributed by atoms with Crippen LogP contribution in [0.3, 0.4) is 0 Å². The normalized spacial score (nSPS) is 10.8. The minimum atomic E-state index is -0.0670. The fourth-order valence-corrected chi connectivity index (χ4v) is 2.48. The maximum Gasteiger partial charge on any atom is 0.263 e. The number of nitrogens with one attached hydrogen (secondary N) is 3. The predicted octanol–water partition coefficient (Wildman–Crippen LogP) is 2.15. The molecule has 6 nitrogen and oxygen atoms in total.